The smallest absolute Gasteiger partial charge is 0.131 e. The van der Waals surface area contributed by atoms with Crippen LogP contribution in [0.5, 0.6) is 0 Å². The van der Waals surface area contributed by atoms with Crippen LogP contribution in [0.15, 0.2) is 61.3 Å². The fourth-order valence-electron chi connectivity index (χ4n) is 4.41. The van der Waals surface area contributed by atoms with Gasteiger partial charge in [0.25, 0.3) is 0 Å². The van der Waals surface area contributed by atoms with Crippen molar-refractivity contribution in [1.29, 1.82) is 0 Å². The number of pyridine rings is 1. The molecule has 0 unspecified atom stereocenters. The summed E-state index contributed by atoms with van der Waals surface area (Å²) in [5.41, 5.74) is 15.4. The molecule has 1 saturated heterocycles. The van der Waals surface area contributed by atoms with Crippen molar-refractivity contribution in [3.8, 4) is 22.3 Å². The molecule has 1 aromatic heterocycles. The minimum Gasteiger partial charge on any atom is -0.385 e. The Morgan fingerprint density at radius 1 is 0.897 bits per heavy atom. The van der Waals surface area contributed by atoms with Crippen LogP contribution in [0.1, 0.15) is 24.0 Å². The minimum atomic E-state index is 0.565. The van der Waals surface area contributed by atoms with Crippen molar-refractivity contribution in [2.45, 2.75) is 19.3 Å². The highest BCUT2D eigenvalue weighted by Gasteiger charge is 2.15. The summed E-state index contributed by atoms with van der Waals surface area (Å²) in [6, 6.07) is 17.4. The molecule has 4 nitrogen and oxygen atoms in total. The summed E-state index contributed by atoms with van der Waals surface area (Å²) in [7, 11) is 0. The van der Waals surface area contributed by atoms with Crippen molar-refractivity contribution in [3.63, 3.8) is 0 Å². The van der Waals surface area contributed by atoms with Crippen molar-refractivity contribution >= 4 is 17.2 Å². The van der Waals surface area contributed by atoms with Gasteiger partial charge in [-0.1, -0.05) is 36.9 Å². The number of benzene rings is 2. The lowest BCUT2D eigenvalue weighted by molar-refractivity contribution is 0.816. The van der Waals surface area contributed by atoms with Crippen LogP contribution >= 0.6 is 0 Å². The number of fused-ring (bicyclic) bond motifs is 1. The first-order valence-electron chi connectivity index (χ1n) is 10.4. The maximum absolute atomic E-state index is 6.26. The number of nitrogens with zero attached hydrogens (tertiary/aromatic N) is 2. The standard InChI is InChI=1S/C25H26N4/c1-17-23-9-6-19(14-20(23)10-11-27-17)24-15-21(16-28-25(24)26)18-4-7-22(8-5-18)29-12-2-3-13-29/h4-9,14-16,27H,1-3,10-13H2,(H2,26,28). The second kappa shape index (κ2) is 7.28. The van der Waals surface area contributed by atoms with E-state index in [1.54, 1.807) is 0 Å². The quantitative estimate of drug-likeness (QED) is 0.689. The number of hydrogen-bond acceptors (Lipinski definition) is 4. The third kappa shape index (κ3) is 3.35. The molecule has 3 heterocycles. The first kappa shape index (κ1) is 17.8. The van der Waals surface area contributed by atoms with E-state index in [0.717, 1.165) is 54.0 Å². The van der Waals surface area contributed by atoms with Crippen LogP contribution in [-0.2, 0) is 6.42 Å². The Kier molecular flexibility index (Phi) is 4.47. The van der Waals surface area contributed by atoms with E-state index in [0.29, 0.717) is 5.82 Å². The Hall–Kier alpha value is -3.27. The van der Waals surface area contributed by atoms with E-state index in [1.165, 1.54) is 29.7 Å². The van der Waals surface area contributed by atoms with Crippen LogP contribution in [0.4, 0.5) is 11.5 Å². The topological polar surface area (TPSA) is 54.2 Å². The lowest BCUT2D eigenvalue weighted by Gasteiger charge is -2.21. The molecule has 0 saturated carbocycles. The van der Waals surface area contributed by atoms with E-state index in [2.05, 4.69) is 70.3 Å². The summed E-state index contributed by atoms with van der Waals surface area (Å²) in [6.45, 7) is 7.36. The van der Waals surface area contributed by atoms with Crippen molar-refractivity contribution < 1.29 is 0 Å². The molecule has 146 valence electrons. The van der Waals surface area contributed by atoms with Gasteiger partial charge in [0, 0.05) is 53.9 Å². The van der Waals surface area contributed by atoms with Gasteiger partial charge < -0.3 is 16.0 Å². The van der Waals surface area contributed by atoms with Crippen molar-refractivity contribution in [2.24, 2.45) is 0 Å². The van der Waals surface area contributed by atoms with E-state index in [4.69, 9.17) is 5.73 Å². The molecule has 0 aliphatic carbocycles. The number of nitrogens with two attached hydrogens (primary N) is 1. The highest BCUT2D eigenvalue weighted by Crippen LogP contribution is 2.33. The molecule has 0 radical (unpaired) electrons. The summed E-state index contributed by atoms with van der Waals surface area (Å²) < 4.78 is 0. The van der Waals surface area contributed by atoms with E-state index in [-0.39, 0.29) is 0 Å². The molecular weight excluding hydrogens is 356 g/mol. The average molecular weight is 383 g/mol. The summed E-state index contributed by atoms with van der Waals surface area (Å²) in [5.74, 6) is 0.565. The van der Waals surface area contributed by atoms with E-state index < -0.39 is 0 Å². The van der Waals surface area contributed by atoms with E-state index >= 15 is 0 Å². The lowest BCUT2D eigenvalue weighted by Crippen LogP contribution is -2.21. The van der Waals surface area contributed by atoms with Gasteiger partial charge >= 0.3 is 0 Å². The van der Waals surface area contributed by atoms with Crippen LogP contribution in [0.25, 0.3) is 28.0 Å². The van der Waals surface area contributed by atoms with Gasteiger partial charge in [-0.15, -0.1) is 0 Å². The van der Waals surface area contributed by atoms with Gasteiger partial charge in [0.2, 0.25) is 0 Å². The fraction of sp³-hybridized carbons (Fsp3) is 0.240. The molecule has 0 amide bonds. The molecule has 2 aromatic carbocycles. The molecule has 4 heteroatoms. The maximum Gasteiger partial charge on any atom is 0.131 e. The van der Waals surface area contributed by atoms with Crippen LogP contribution in [0.2, 0.25) is 0 Å². The Bertz CT molecular complexity index is 1060. The third-order valence-electron chi connectivity index (χ3n) is 6.06. The molecular formula is C25H26N4. The number of aromatic nitrogens is 1. The zero-order valence-electron chi connectivity index (χ0n) is 16.6. The molecule has 5 rings (SSSR count). The van der Waals surface area contributed by atoms with Gasteiger partial charge in [-0.05, 0) is 54.2 Å². The van der Waals surface area contributed by atoms with Crippen LogP contribution in [0, 0.1) is 0 Å². The molecule has 0 atom stereocenters. The lowest BCUT2D eigenvalue weighted by atomic mass is 9.93. The van der Waals surface area contributed by atoms with Gasteiger partial charge in [0.1, 0.15) is 5.82 Å². The monoisotopic (exact) mass is 382 g/mol. The molecule has 1 fully saturated rings. The number of anilines is 2. The van der Waals surface area contributed by atoms with Crippen LogP contribution < -0.4 is 16.0 Å². The minimum absolute atomic E-state index is 0.565. The second-order valence-electron chi connectivity index (χ2n) is 7.93. The molecule has 2 aliphatic heterocycles. The van der Waals surface area contributed by atoms with Gasteiger partial charge in [-0.3, -0.25) is 0 Å². The zero-order valence-corrected chi connectivity index (χ0v) is 16.6. The Balaban J connectivity index is 1.48. The number of rotatable bonds is 3. The van der Waals surface area contributed by atoms with E-state index in [9.17, 15) is 0 Å². The van der Waals surface area contributed by atoms with Gasteiger partial charge in [0.15, 0.2) is 0 Å². The molecule has 3 N–H and O–H groups in total. The van der Waals surface area contributed by atoms with Crippen molar-refractivity contribution in [2.75, 3.05) is 30.3 Å². The number of nitrogens with one attached hydrogen (secondary N) is 1. The fourth-order valence-corrected chi connectivity index (χ4v) is 4.41. The van der Waals surface area contributed by atoms with Crippen molar-refractivity contribution in [3.05, 3.63) is 72.4 Å². The van der Waals surface area contributed by atoms with Crippen molar-refractivity contribution in [1.82, 2.24) is 10.3 Å². The maximum atomic E-state index is 6.26. The van der Waals surface area contributed by atoms with Crippen LogP contribution in [-0.4, -0.2) is 24.6 Å². The number of hydrogen-bond donors (Lipinski definition) is 2. The summed E-state index contributed by atoms with van der Waals surface area (Å²) >= 11 is 0. The molecule has 0 bridgehead atoms. The SMILES string of the molecule is C=C1NCCc2cc(-c3cc(-c4ccc(N5CCCC5)cc4)cnc3N)ccc21. The Labute approximate surface area is 172 Å². The van der Waals surface area contributed by atoms with E-state index in [1.807, 2.05) is 6.20 Å². The zero-order chi connectivity index (χ0) is 19.8. The van der Waals surface area contributed by atoms with Crippen LogP contribution in [0.3, 0.4) is 0 Å². The molecule has 0 spiro atoms. The summed E-state index contributed by atoms with van der Waals surface area (Å²) in [5, 5.41) is 3.33. The van der Waals surface area contributed by atoms with Gasteiger partial charge in [-0.2, -0.15) is 0 Å². The first-order chi connectivity index (χ1) is 14.2. The highest BCUT2D eigenvalue weighted by molar-refractivity contribution is 5.81. The summed E-state index contributed by atoms with van der Waals surface area (Å²) in [6.07, 6.45) is 5.44. The Morgan fingerprint density at radius 2 is 1.66 bits per heavy atom. The predicted molar refractivity (Wildman–Crippen MR) is 122 cm³/mol. The normalized spacial score (nSPS) is 15.9. The summed E-state index contributed by atoms with van der Waals surface area (Å²) in [4.78, 5) is 6.95. The largest absolute Gasteiger partial charge is 0.385 e. The van der Waals surface area contributed by atoms with Gasteiger partial charge in [-0.25, -0.2) is 4.98 Å². The molecule has 3 aromatic rings. The third-order valence-corrected chi connectivity index (χ3v) is 6.06. The Morgan fingerprint density at radius 3 is 2.45 bits per heavy atom. The average Bonchev–Trinajstić information content (AvgIpc) is 3.29. The highest BCUT2D eigenvalue weighted by atomic mass is 15.1. The molecule has 29 heavy (non-hydrogen) atoms. The number of nitrogen functional groups attached to an aromatic ring is 1. The molecule has 2 aliphatic rings. The second-order valence-corrected chi connectivity index (χ2v) is 7.93. The predicted octanol–water partition coefficient (Wildman–Crippen LogP) is 4.71. The van der Waals surface area contributed by atoms with Gasteiger partial charge in [0.05, 0.1) is 0 Å². The first-order valence-corrected chi connectivity index (χ1v) is 10.4.